The van der Waals surface area contributed by atoms with Crippen LogP contribution in [0.4, 0.5) is 8.78 Å². The van der Waals surface area contributed by atoms with Crippen molar-refractivity contribution in [3.05, 3.63) is 54.1 Å². The molecule has 0 radical (unpaired) electrons. The number of halogens is 2. The molecular formula is C17H17F2NS. The molecule has 1 nitrogen and oxygen atoms in total. The normalized spacial score (nSPS) is 14.6. The highest BCUT2D eigenvalue weighted by molar-refractivity contribution is 7.99. The highest BCUT2D eigenvalue weighted by Gasteiger charge is 2.19. The van der Waals surface area contributed by atoms with Crippen LogP contribution in [0.2, 0.25) is 0 Å². The van der Waals surface area contributed by atoms with Crippen LogP contribution in [0.5, 0.6) is 0 Å². The smallest absolute Gasteiger partial charge is 0.288 e. The maximum atomic E-state index is 12.3. The molecule has 0 aliphatic heterocycles. The Morgan fingerprint density at radius 3 is 2.48 bits per heavy atom. The monoisotopic (exact) mass is 305 g/mol. The van der Waals surface area contributed by atoms with Gasteiger partial charge in [-0.25, -0.2) is 0 Å². The van der Waals surface area contributed by atoms with Crippen molar-refractivity contribution in [3.8, 4) is 11.1 Å². The van der Waals surface area contributed by atoms with Gasteiger partial charge >= 0.3 is 0 Å². The first-order chi connectivity index (χ1) is 10.2. The van der Waals surface area contributed by atoms with Crippen molar-refractivity contribution in [1.82, 2.24) is 5.32 Å². The molecule has 2 aromatic rings. The van der Waals surface area contributed by atoms with Crippen LogP contribution in [-0.4, -0.2) is 11.8 Å². The van der Waals surface area contributed by atoms with Crippen molar-refractivity contribution in [2.75, 3.05) is 0 Å². The van der Waals surface area contributed by atoms with E-state index in [-0.39, 0.29) is 0 Å². The van der Waals surface area contributed by atoms with Gasteiger partial charge in [0.05, 0.1) is 0 Å². The van der Waals surface area contributed by atoms with E-state index >= 15 is 0 Å². The Bertz CT molecular complexity index is 594. The topological polar surface area (TPSA) is 12.0 Å². The Morgan fingerprint density at radius 2 is 1.81 bits per heavy atom. The lowest BCUT2D eigenvalue weighted by Gasteiger charge is -2.07. The highest BCUT2D eigenvalue weighted by Crippen LogP contribution is 2.28. The van der Waals surface area contributed by atoms with E-state index in [4.69, 9.17) is 0 Å². The third kappa shape index (κ3) is 4.29. The molecule has 1 N–H and O–H groups in total. The maximum absolute atomic E-state index is 12.3. The zero-order valence-corrected chi connectivity index (χ0v) is 12.4. The van der Waals surface area contributed by atoms with Gasteiger partial charge in [-0.3, -0.25) is 0 Å². The largest absolute Gasteiger partial charge is 0.310 e. The summed E-state index contributed by atoms with van der Waals surface area (Å²) in [5.41, 5.74) is 3.44. The Hall–Kier alpha value is -1.39. The standard InChI is InChI=1S/C17H17F2NS/c18-17(19)21-16-8-4-13(5-9-16)14-3-1-2-12(10-14)11-20-15-6-7-15/h1-5,8-10,15,17,20H,6-7,11H2. The van der Waals surface area contributed by atoms with Crippen LogP contribution in [0.1, 0.15) is 18.4 Å². The number of hydrogen-bond acceptors (Lipinski definition) is 2. The first-order valence-corrected chi connectivity index (χ1v) is 7.96. The van der Waals surface area contributed by atoms with Gasteiger partial charge in [0.25, 0.3) is 5.76 Å². The highest BCUT2D eigenvalue weighted by atomic mass is 32.2. The molecule has 1 aliphatic rings. The van der Waals surface area contributed by atoms with Crippen LogP contribution in [0.25, 0.3) is 11.1 Å². The summed E-state index contributed by atoms with van der Waals surface area (Å²) in [4.78, 5) is 0.598. The van der Waals surface area contributed by atoms with E-state index < -0.39 is 5.76 Å². The lowest BCUT2D eigenvalue weighted by molar-refractivity contribution is 0.252. The molecule has 0 saturated heterocycles. The predicted molar refractivity (Wildman–Crippen MR) is 83.6 cm³/mol. The molecule has 1 aliphatic carbocycles. The number of thioether (sulfide) groups is 1. The second kappa shape index (κ2) is 6.58. The first-order valence-electron chi connectivity index (χ1n) is 7.08. The lowest BCUT2D eigenvalue weighted by atomic mass is 10.0. The van der Waals surface area contributed by atoms with Crippen molar-refractivity contribution in [3.63, 3.8) is 0 Å². The van der Waals surface area contributed by atoms with Gasteiger partial charge in [0, 0.05) is 17.5 Å². The van der Waals surface area contributed by atoms with E-state index in [9.17, 15) is 8.78 Å². The van der Waals surface area contributed by atoms with Crippen molar-refractivity contribution in [2.45, 2.75) is 36.1 Å². The summed E-state index contributed by atoms with van der Waals surface area (Å²) in [6.07, 6.45) is 2.56. The van der Waals surface area contributed by atoms with Gasteiger partial charge in [0.1, 0.15) is 0 Å². The molecule has 3 rings (SSSR count). The van der Waals surface area contributed by atoms with Crippen molar-refractivity contribution in [2.24, 2.45) is 0 Å². The van der Waals surface area contributed by atoms with Crippen LogP contribution in [-0.2, 0) is 6.54 Å². The van der Waals surface area contributed by atoms with Gasteiger partial charge in [0.15, 0.2) is 0 Å². The summed E-state index contributed by atoms with van der Waals surface area (Å²) >= 11 is 0.580. The molecule has 0 heterocycles. The lowest BCUT2D eigenvalue weighted by Crippen LogP contribution is -2.15. The Balaban J connectivity index is 1.71. The van der Waals surface area contributed by atoms with Crippen molar-refractivity contribution in [1.29, 1.82) is 0 Å². The molecule has 0 atom stereocenters. The fraction of sp³-hybridized carbons (Fsp3) is 0.294. The molecule has 0 aromatic heterocycles. The van der Waals surface area contributed by atoms with Crippen LogP contribution in [0.15, 0.2) is 53.4 Å². The van der Waals surface area contributed by atoms with Gasteiger partial charge in [0.2, 0.25) is 0 Å². The van der Waals surface area contributed by atoms with E-state index in [1.807, 2.05) is 18.2 Å². The number of hydrogen-bond donors (Lipinski definition) is 1. The van der Waals surface area contributed by atoms with Gasteiger partial charge < -0.3 is 5.32 Å². The number of alkyl halides is 2. The summed E-state index contributed by atoms with van der Waals surface area (Å²) in [6, 6.07) is 16.4. The second-order valence-corrected chi connectivity index (χ2v) is 6.32. The fourth-order valence-electron chi connectivity index (χ4n) is 2.24. The van der Waals surface area contributed by atoms with Crippen LogP contribution >= 0.6 is 11.8 Å². The van der Waals surface area contributed by atoms with Crippen LogP contribution < -0.4 is 5.32 Å². The number of rotatable bonds is 6. The summed E-state index contributed by atoms with van der Waals surface area (Å²) in [7, 11) is 0. The molecule has 0 spiro atoms. The van der Waals surface area contributed by atoms with E-state index in [1.165, 1.54) is 18.4 Å². The SMILES string of the molecule is FC(F)Sc1ccc(-c2cccc(CNC3CC3)c2)cc1. The molecule has 0 unspecified atom stereocenters. The van der Waals surface area contributed by atoms with Gasteiger partial charge in [-0.05, 0) is 47.7 Å². The molecule has 1 fully saturated rings. The van der Waals surface area contributed by atoms with E-state index in [2.05, 4.69) is 23.5 Å². The Kier molecular flexibility index (Phi) is 4.56. The van der Waals surface area contributed by atoms with Crippen LogP contribution in [0.3, 0.4) is 0 Å². The summed E-state index contributed by atoms with van der Waals surface area (Å²) in [5, 5.41) is 3.50. The third-order valence-electron chi connectivity index (χ3n) is 3.51. The minimum atomic E-state index is -2.37. The average Bonchev–Trinajstić information content (AvgIpc) is 3.30. The number of benzene rings is 2. The molecule has 0 bridgehead atoms. The quantitative estimate of drug-likeness (QED) is 0.760. The predicted octanol–water partition coefficient (Wildman–Crippen LogP) is 4.92. The first kappa shape index (κ1) is 14.5. The summed E-state index contributed by atoms with van der Waals surface area (Å²) in [5.74, 6) is -2.37. The summed E-state index contributed by atoms with van der Waals surface area (Å²) < 4.78 is 24.6. The molecule has 21 heavy (non-hydrogen) atoms. The number of nitrogens with one attached hydrogen (secondary N) is 1. The van der Waals surface area contributed by atoms with E-state index in [0.29, 0.717) is 22.7 Å². The maximum Gasteiger partial charge on any atom is 0.288 e. The van der Waals surface area contributed by atoms with Gasteiger partial charge in [-0.15, -0.1) is 0 Å². The second-order valence-electron chi connectivity index (χ2n) is 5.26. The molecular weight excluding hydrogens is 288 g/mol. The van der Waals surface area contributed by atoms with Gasteiger partial charge in [-0.1, -0.05) is 42.1 Å². The minimum Gasteiger partial charge on any atom is -0.310 e. The third-order valence-corrected chi connectivity index (χ3v) is 4.23. The zero-order chi connectivity index (χ0) is 14.7. The molecule has 4 heteroatoms. The minimum absolute atomic E-state index is 0.580. The van der Waals surface area contributed by atoms with Crippen molar-refractivity contribution >= 4 is 11.8 Å². The Labute approximate surface area is 127 Å². The van der Waals surface area contributed by atoms with Gasteiger partial charge in [-0.2, -0.15) is 8.78 Å². The molecule has 1 saturated carbocycles. The van der Waals surface area contributed by atoms with E-state index in [1.54, 1.807) is 12.1 Å². The Morgan fingerprint density at radius 1 is 1.05 bits per heavy atom. The molecule has 0 amide bonds. The van der Waals surface area contributed by atoms with Crippen LogP contribution in [0, 0.1) is 0 Å². The van der Waals surface area contributed by atoms with E-state index in [0.717, 1.165) is 17.7 Å². The summed E-state index contributed by atoms with van der Waals surface area (Å²) in [6.45, 7) is 0.887. The average molecular weight is 305 g/mol. The molecule has 110 valence electrons. The fourth-order valence-corrected chi connectivity index (χ4v) is 2.74. The zero-order valence-electron chi connectivity index (χ0n) is 11.6. The molecule has 2 aromatic carbocycles. The van der Waals surface area contributed by atoms with Crippen molar-refractivity contribution < 1.29 is 8.78 Å².